The van der Waals surface area contributed by atoms with E-state index < -0.39 is 11.6 Å². The van der Waals surface area contributed by atoms with Crippen LogP contribution in [0.2, 0.25) is 0 Å². The maximum absolute atomic E-state index is 12.3. The normalized spacial score (nSPS) is 11.2. The van der Waals surface area contributed by atoms with Crippen molar-refractivity contribution >= 4 is 11.8 Å². The Bertz CT molecular complexity index is 773. The van der Waals surface area contributed by atoms with Gasteiger partial charge in [-0.3, -0.25) is 14.6 Å². The molecule has 126 valence electrons. The minimum atomic E-state index is -0.593. The van der Waals surface area contributed by atoms with E-state index in [2.05, 4.69) is 4.98 Å². The lowest BCUT2D eigenvalue weighted by molar-refractivity contribution is -0.153. The quantitative estimate of drug-likeness (QED) is 0.478. The van der Waals surface area contributed by atoms with Crippen molar-refractivity contribution in [2.75, 3.05) is 0 Å². The van der Waals surface area contributed by atoms with Crippen molar-refractivity contribution in [3.8, 4) is 11.1 Å². The van der Waals surface area contributed by atoms with Crippen molar-refractivity contribution in [3.05, 3.63) is 53.3 Å². The highest BCUT2D eigenvalue weighted by Gasteiger charge is 2.20. The molecule has 0 unspecified atom stereocenters. The Morgan fingerprint density at radius 2 is 1.79 bits per heavy atom. The second kappa shape index (κ2) is 6.95. The van der Waals surface area contributed by atoms with Crippen LogP contribution in [0.1, 0.15) is 48.9 Å². The van der Waals surface area contributed by atoms with Gasteiger partial charge in [0, 0.05) is 22.5 Å². The molecule has 0 saturated heterocycles. The lowest BCUT2D eigenvalue weighted by atomic mass is 9.99. The van der Waals surface area contributed by atoms with Crippen molar-refractivity contribution in [2.24, 2.45) is 0 Å². The number of Topliss-reactive ketones (excluding diaryl/α,β-unsaturated/α-hetero) is 1. The third kappa shape index (κ3) is 4.75. The topological polar surface area (TPSA) is 56.3 Å². The predicted molar refractivity (Wildman–Crippen MR) is 93.9 cm³/mol. The average molecular weight is 325 g/mol. The van der Waals surface area contributed by atoms with Gasteiger partial charge in [-0.15, -0.1) is 0 Å². The fourth-order valence-corrected chi connectivity index (χ4v) is 2.46. The van der Waals surface area contributed by atoms with Crippen LogP contribution in [0.4, 0.5) is 0 Å². The van der Waals surface area contributed by atoms with Crippen LogP contribution in [0.5, 0.6) is 0 Å². The van der Waals surface area contributed by atoms with E-state index in [9.17, 15) is 9.59 Å². The molecule has 0 saturated carbocycles. The highest BCUT2D eigenvalue weighted by atomic mass is 16.6. The summed E-state index contributed by atoms with van der Waals surface area (Å²) >= 11 is 0. The molecule has 0 N–H and O–H groups in total. The minimum absolute atomic E-state index is 0.246. The van der Waals surface area contributed by atoms with Crippen LogP contribution in [0.15, 0.2) is 36.4 Å². The Morgan fingerprint density at radius 3 is 2.42 bits per heavy atom. The number of benzene rings is 1. The van der Waals surface area contributed by atoms with Crippen molar-refractivity contribution < 1.29 is 14.3 Å². The zero-order valence-corrected chi connectivity index (χ0v) is 14.8. The van der Waals surface area contributed by atoms with E-state index in [-0.39, 0.29) is 12.2 Å². The first kappa shape index (κ1) is 17.9. The molecule has 1 aromatic heterocycles. The van der Waals surface area contributed by atoms with E-state index in [1.165, 1.54) is 0 Å². The number of pyridine rings is 1. The molecule has 1 heterocycles. The number of ether oxygens (including phenoxy) is 1. The van der Waals surface area contributed by atoms with Gasteiger partial charge in [0.2, 0.25) is 0 Å². The Morgan fingerprint density at radius 1 is 1.08 bits per heavy atom. The molecule has 0 amide bonds. The van der Waals surface area contributed by atoms with E-state index in [1.807, 2.05) is 38.1 Å². The zero-order valence-electron chi connectivity index (χ0n) is 14.8. The molecule has 24 heavy (non-hydrogen) atoms. The molecule has 0 bridgehead atoms. The number of esters is 1. The monoisotopic (exact) mass is 325 g/mol. The maximum atomic E-state index is 12.3. The fraction of sp³-hybridized carbons (Fsp3) is 0.350. The van der Waals surface area contributed by atoms with Crippen molar-refractivity contribution in [1.82, 2.24) is 4.98 Å². The summed E-state index contributed by atoms with van der Waals surface area (Å²) in [7, 11) is 0. The lowest BCUT2D eigenvalue weighted by Crippen LogP contribution is -2.25. The number of carbonyl (C=O) groups excluding carboxylic acids is 2. The molecule has 4 nitrogen and oxygen atoms in total. The molecule has 0 fully saturated rings. The number of ketones is 1. The summed E-state index contributed by atoms with van der Waals surface area (Å²) in [5, 5.41) is 0. The Labute approximate surface area is 142 Å². The first-order valence-electron chi connectivity index (χ1n) is 7.95. The van der Waals surface area contributed by atoms with Crippen molar-refractivity contribution in [3.63, 3.8) is 0 Å². The number of aromatic nitrogens is 1. The van der Waals surface area contributed by atoms with Gasteiger partial charge in [-0.25, -0.2) is 0 Å². The number of nitrogens with zero attached hydrogens (tertiary/aromatic N) is 1. The number of hydrogen-bond acceptors (Lipinski definition) is 4. The van der Waals surface area contributed by atoms with Gasteiger partial charge in [-0.05, 0) is 52.3 Å². The van der Waals surface area contributed by atoms with Gasteiger partial charge in [0.05, 0.1) is 0 Å². The van der Waals surface area contributed by atoms with E-state index in [0.717, 1.165) is 22.5 Å². The summed E-state index contributed by atoms with van der Waals surface area (Å²) in [4.78, 5) is 28.6. The van der Waals surface area contributed by atoms with Gasteiger partial charge < -0.3 is 4.74 Å². The molecular weight excluding hydrogens is 302 g/mol. The lowest BCUT2D eigenvalue weighted by Gasteiger charge is -2.19. The Hall–Kier alpha value is -2.49. The Balaban J connectivity index is 2.21. The van der Waals surface area contributed by atoms with E-state index in [0.29, 0.717) is 5.56 Å². The number of carbonyl (C=O) groups is 2. The molecule has 0 aliphatic heterocycles. The third-order valence-corrected chi connectivity index (χ3v) is 3.45. The second-order valence-corrected chi connectivity index (χ2v) is 6.85. The average Bonchev–Trinajstić information content (AvgIpc) is 2.45. The first-order valence-corrected chi connectivity index (χ1v) is 7.95. The molecule has 1 aromatic carbocycles. The summed E-state index contributed by atoms with van der Waals surface area (Å²) < 4.78 is 5.21. The Kier molecular flexibility index (Phi) is 5.17. The predicted octanol–water partition coefficient (Wildman–Crippen LogP) is 4.28. The molecule has 2 aromatic rings. The van der Waals surface area contributed by atoms with Crippen LogP contribution in [-0.4, -0.2) is 22.3 Å². The van der Waals surface area contributed by atoms with E-state index in [4.69, 9.17) is 4.74 Å². The smallest absolute Gasteiger partial charge is 0.314 e. The SMILES string of the molecule is Cc1ccc(-c2cccc(C(=O)CC(=O)OC(C)(C)C)c2)c(C)n1. The highest BCUT2D eigenvalue weighted by Crippen LogP contribution is 2.24. The van der Waals surface area contributed by atoms with Crippen LogP contribution < -0.4 is 0 Å². The molecule has 2 rings (SSSR count). The summed E-state index contributed by atoms with van der Waals surface area (Å²) in [6, 6.07) is 11.2. The van der Waals surface area contributed by atoms with Gasteiger partial charge in [0.15, 0.2) is 5.78 Å². The molecule has 0 aliphatic carbocycles. The molecule has 0 aliphatic rings. The molecule has 0 atom stereocenters. The van der Waals surface area contributed by atoms with Crippen molar-refractivity contribution in [2.45, 2.75) is 46.6 Å². The summed E-state index contributed by atoms with van der Waals surface area (Å²) in [6.45, 7) is 9.23. The second-order valence-electron chi connectivity index (χ2n) is 6.85. The maximum Gasteiger partial charge on any atom is 0.314 e. The van der Waals surface area contributed by atoms with Gasteiger partial charge >= 0.3 is 5.97 Å². The fourth-order valence-electron chi connectivity index (χ4n) is 2.46. The summed E-state index contributed by atoms with van der Waals surface area (Å²) in [5.74, 6) is -0.755. The van der Waals surface area contributed by atoms with Gasteiger partial charge in [0.25, 0.3) is 0 Å². The largest absolute Gasteiger partial charge is 0.460 e. The van der Waals surface area contributed by atoms with Crippen LogP contribution in [0.25, 0.3) is 11.1 Å². The minimum Gasteiger partial charge on any atom is -0.460 e. The first-order chi connectivity index (χ1) is 11.2. The van der Waals surface area contributed by atoms with Gasteiger partial charge in [-0.1, -0.05) is 24.3 Å². The number of rotatable bonds is 4. The van der Waals surface area contributed by atoms with Crippen LogP contribution in [0.3, 0.4) is 0 Å². The molecule has 4 heteroatoms. The van der Waals surface area contributed by atoms with Crippen LogP contribution >= 0.6 is 0 Å². The number of aryl methyl sites for hydroxylation is 2. The summed E-state index contributed by atoms with van der Waals surface area (Å²) in [6.07, 6.45) is -0.258. The zero-order chi connectivity index (χ0) is 17.9. The molecule has 0 spiro atoms. The van der Waals surface area contributed by atoms with Gasteiger partial charge in [0.1, 0.15) is 12.0 Å². The van der Waals surface area contributed by atoms with Crippen LogP contribution in [-0.2, 0) is 9.53 Å². The number of hydrogen-bond donors (Lipinski definition) is 0. The summed E-state index contributed by atoms with van der Waals surface area (Å²) in [5.41, 5.74) is 3.66. The third-order valence-electron chi connectivity index (χ3n) is 3.45. The van der Waals surface area contributed by atoms with Crippen LogP contribution in [0, 0.1) is 13.8 Å². The molecular formula is C20H23NO3. The highest BCUT2D eigenvalue weighted by molar-refractivity contribution is 6.06. The van der Waals surface area contributed by atoms with Gasteiger partial charge in [-0.2, -0.15) is 0 Å². The standard InChI is InChI=1S/C20H23NO3/c1-13-9-10-17(14(2)21-13)15-7-6-8-16(11-15)18(22)12-19(23)24-20(3,4)5/h6-11H,12H2,1-5H3. The van der Waals surface area contributed by atoms with E-state index in [1.54, 1.807) is 32.9 Å². The molecule has 0 radical (unpaired) electrons. The van der Waals surface area contributed by atoms with E-state index >= 15 is 0 Å². The van der Waals surface area contributed by atoms with Crippen molar-refractivity contribution in [1.29, 1.82) is 0 Å².